The average molecular weight is 295 g/mol. The third-order valence-corrected chi connectivity index (χ3v) is 2.69. The molecule has 4 nitrogen and oxygen atoms in total. The largest absolute Gasteiger partial charge is 0.444 e. The van der Waals surface area contributed by atoms with Gasteiger partial charge in [0.2, 0.25) is 0 Å². The fourth-order valence-electron chi connectivity index (χ4n) is 1.75. The smallest absolute Gasteiger partial charge is 0.407 e. The zero-order chi connectivity index (χ0) is 16.0. The van der Waals surface area contributed by atoms with Gasteiger partial charge in [0, 0.05) is 13.0 Å². The maximum absolute atomic E-state index is 13.3. The van der Waals surface area contributed by atoms with Crippen LogP contribution >= 0.6 is 0 Å². The molecule has 0 bridgehead atoms. The normalized spacial score (nSPS) is 12.6. The van der Waals surface area contributed by atoms with Gasteiger partial charge in [0.1, 0.15) is 11.4 Å². The lowest BCUT2D eigenvalue weighted by Gasteiger charge is -2.20. The molecule has 21 heavy (non-hydrogen) atoms. The monoisotopic (exact) mass is 295 g/mol. The lowest BCUT2D eigenvalue weighted by molar-refractivity contribution is 0.0523. The Morgan fingerprint density at radius 3 is 2.71 bits per heavy atom. The fourth-order valence-corrected chi connectivity index (χ4v) is 1.75. The first kappa shape index (κ1) is 17.2. The highest BCUT2D eigenvalue weighted by Crippen LogP contribution is 2.15. The van der Waals surface area contributed by atoms with Gasteiger partial charge in [0.05, 0.1) is 6.10 Å². The van der Waals surface area contributed by atoms with Gasteiger partial charge in [-0.15, -0.1) is 6.58 Å². The van der Waals surface area contributed by atoms with E-state index in [1.165, 1.54) is 18.2 Å². The van der Waals surface area contributed by atoms with Crippen LogP contribution in [-0.2, 0) is 17.7 Å². The summed E-state index contributed by atoms with van der Waals surface area (Å²) in [6.07, 6.45) is 0.330. The number of hydrogen-bond acceptors (Lipinski definition) is 3. The third-order valence-electron chi connectivity index (χ3n) is 2.69. The molecule has 1 atom stereocenters. The number of nitrogens with one attached hydrogen (secondary N) is 1. The van der Waals surface area contributed by atoms with E-state index >= 15 is 0 Å². The lowest BCUT2D eigenvalue weighted by Crippen LogP contribution is -2.32. The Balaban J connectivity index is 2.74. The quantitative estimate of drug-likeness (QED) is 0.821. The van der Waals surface area contributed by atoms with Crippen molar-refractivity contribution < 1.29 is 19.0 Å². The molecule has 1 unspecified atom stereocenters. The van der Waals surface area contributed by atoms with Gasteiger partial charge >= 0.3 is 6.09 Å². The number of benzene rings is 1. The van der Waals surface area contributed by atoms with Gasteiger partial charge in [-0.25, -0.2) is 9.18 Å². The molecule has 0 aliphatic rings. The summed E-state index contributed by atoms with van der Waals surface area (Å²) in [5, 5.41) is 12.2. The number of carbonyl (C=O) groups excluding carboxylic acids is 1. The molecule has 1 rings (SSSR count). The summed E-state index contributed by atoms with van der Waals surface area (Å²) in [5.41, 5.74) is 0.774. The second kappa shape index (κ2) is 7.22. The summed E-state index contributed by atoms with van der Waals surface area (Å²) in [5.74, 6) is -0.387. The van der Waals surface area contributed by atoms with Gasteiger partial charge in [-0.2, -0.15) is 0 Å². The number of ether oxygens (including phenoxy) is 1. The predicted molar refractivity (Wildman–Crippen MR) is 79.4 cm³/mol. The molecule has 116 valence electrons. The van der Waals surface area contributed by atoms with Crippen molar-refractivity contribution in [3.05, 3.63) is 47.8 Å². The molecule has 0 spiro atoms. The van der Waals surface area contributed by atoms with Crippen LogP contribution in [0.5, 0.6) is 0 Å². The molecule has 1 aromatic carbocycles. The highest BCUT2D eigenvalue weighted by atomic mass is 19.1. The van der Waals surface area contributed by atoms with Crippen molar-refractivity contribution in [1.82, 2.24) is 5.32 Å². The number of alkyl carbamates (subject to hydrolysis) is 1. The average Bonchev–Trinajstić information content (AvgIpc) is 2.35. The first-order valence-corrected chi connectivity index (χ1v) is 6.76. The fraction of sp³-hybridized carbons (Fsp3) is 0.438. The summed E-state index contributed by atoms with van der Waals surface area (Å²) in [7, 11) is 0. The zero-order valence-electron chi connectivity index (χ0n) is 12.6. The van der Waals surface area contributed by atoms with Crippen molar-refractivity contribution in [2.45, 2.75) is 45.4 Å². The second-order valence-electron chi connectivity index (χ2n) is 5.78. The van der Waals surface area contributed by atoms with Crippen LogP contribution in [0.15, 0.2) is 30.9 Å². The minimum atomic E-state index is -0.757. The number of rotatable bonds is 5. The SMILES string of the molecule is C=CC(O)Cc1cc(F)ccc1CNC(=O)OC(C)(C)C. The maximum atomic E-state index is 13.3. The van der Waals surface area contributed by atoms with Crippen LogP contribution in [0.25, 0.3) is 0 Å². The Hall–Kier alpha value is -1.88. The molecule has 0 aromatic heterocycles. The van der Waals surface area contributed by atoms with Crippen LogP contribution < -0.4 is 5.32 Å². The number of aliphatic hydroxyl groups is 1. The van der Waals surface area contributed by atoms with E-state index in [2.05, 4.69) is 11.9 Å². The van der Waals surface area contributed by atoms with E-state index in [0.29, 0.717) is 5.56 Å². The molecule has 0 aliphatic heterocycles. The number of hydrogen-bond donors (Lipinski definition) is 2. The molecule has 2 N–H and O–H groups in total. The summed E-state index contributed by atoms with van der Waals surface area (Å²) in [4.78, 5) is 11.6. The van der Waals surface area contributed by atoms with E-state index in [1.54, 1.807) is 26.8 Å². The molecule has 0 heterocycles. The number of amides is 1. The molecule has 1 aromatic rings. The Labute approximate surface area is 124 Å². The Kier molecular flexibility index (Phi) is 5.90. The lowest BCUT2D eigenvalue weighted by atomic mass is 10.0. The Morgan fingerprint density at radius 1 is 1.48 bits per heavy atom. The van der Waals surface area contributed by atoms with Crippen LogP contribution in [0.3, 0.4) is 0 Å². The van der Waals surface area contributed by atoms with Crippen LogP contribution in [0.2, 0.25) is 0 Å². The summed E-state index contributed by atoms with van der Waals surface area (Å²) >= 11 is 0. The van der Waals surface area contributed by atoms with Crippen LogP contribution in [-0.4, -0.2) is 22.9 Å². The molecule has 5 heteroatoms. The minimum Gasteiger partial charge on any atom is -0.444 e. The first-order chi connectivity index (χ1) is 9.71. The molecule has 0 saturated heterocycles. The van der Waals surface area contributed by atoms with E-state index in [1.807, 2.05) is 0 Å². The molecule has 1 amide bonds. The Morgan fingerprint density at radius 2 is 2.14 bits per heavy atom. The summed E-state index contributed by atoms with van der Waals surface area (Å²) < 4.78 is 18.4. The van der Waals surface area contributed by atoms with Crippen molar-refractivity contribution >= 4 is 6.09 Å². The van der Waals surface area contributed by atoms with E-state index in [0.717, 1.165) is 5.56 Å². The summed E-state index contributed by atoms with van der Waals surface area (Å²) in [6.45, 7) is 9.02. The highest BCUT2D eigenvalue weighted by Gasteiger charge is 2.16. The molecular formula is C16H22FNO3. The van der Waals surface area contributed by atoms with Crippen molar-refractivity contribution in [3.63, 3.8) is 0 Å². The first-order valence-electron chi connectivity index (χ1n) is 6.76. The number of halogens is 1. The van der Waals surface area contributed by atoms with Gasteiger partial charge in [-0.1, -0.05) is 12.1 Å². The Bertz CT molecular complexity index is 509. The molecule has 0 radical (unpaired) electrons. The molecule has 0 aliphatic carbocycles. The maximum Gasteiger partial charge on any atom is 0.407 e. The van der Waals surface area contributed by atoms with Crippen molar-refractivity contribution in [3.8, 4) is 0 Å². The van der Waals surface area contributed by atoms with Crippen LogP contribution in [0.4, 0.5) is 9.18 Å². The van der Waals surface area contributed by atoms with E-state index in [-0.39, 0.29) is 18.8 Å². The molecule has 0 saturated carbocycles. The van der Waals surface area contributed by atoms with Gasteiger partial charge in [-0.3, -0.25) is 0 Å². The number of carbonyl (C=O) groups is 1. The molecular weight excluding hydrogens is 273 g/mol. The van der Waals surface area contributed by atoms with Gasteiger partial charge < -0.3 is 15.2 Å². The summed E-state index contributed by atoms with van der Waals surface area (Å²) in [6, 6.07) is 4.24. The highest BCUT2D eigenvalue weighted by molar-refractivity contribution is 5.67. The van der Waals surface area contributed by atoms with E-state index < -0.39 is 17.8 Å². The van der Waals surface area contributed by atoms with Gasteiger partial charge in [0.25, 0.3) is 0 Å². The van der Waals surface area contributed by atoms with Crippen molar-refractivity contribution in [2.24, 2.45) is 0 Å². The second-order valence-corrected chi connectivity index (χ2v) is 5.78. The number of aliphatic hydroxyl groups excluding tert-OH is 1. The predicted octanol–water partition coefficient (Wildman–Crippen LogP) is 2.94. The minimum absolute atomic E-state index is 0.203. The molecule has 0 fully saturated rings. The van der Waals surface area contributed by atoms with E-state index in [4.69, 9.17) is 4.74 Å². The standard InChI is InChI=1S/C16H22FNO3/c1-5-14(19)9-12-8-13(17)7-6-11(12)10-18-15(20)21-16(2,3)4/h5-8,14,19H,1,9-10H2,2-4H3,(H,18,20). The topological polar surface area (TPSA) is 58.6 Å². The van der Waals surface area contributed by atoms with Gasteiger partial charge in [-0.05, 0) is 44.0 Å². The third kappa shape index (κ3) is 6.40. The van der Waals surface area contributed by atoms with Crippen LogP contribution in [0, 0.1) is 5.82 Å². The van der Waals surface area contributed by atoms with Gasteiger partial charge in [0.15, 0.2) is 0 Å². The van der Waals surface area contributed by atoms with Crippen LogP contribution in [0.1, 0.15) is 31.9 Å². The van der Waals surface area contributed by atoms with Crippen molar-refractivity contribution in [1.29, 1.82) is 0 Å². The zero-order valence-corrected chi connectivity index (χ0v) is 12.6. The van der Waals surface area contributed by atoms with Crippen molar-refractivity contribution in [2.75, 3.05) is 0 Å². The van der Waals surface area contributed by atoms with E-state index in [9.17, 15) is 14.3 Å².